The zero-order valence-corrected chi connectivity index (χ0v) is 18.5. The van der Waals surface area contributed by atoms with Crippen molar-refractivity contribution in [2.24, 2.45) is 5.92 Å². The lowest BCUT2D eigenvalue weighted by molar-refractivity contribution is -0.120. The molecule has 0 bridgehead atoms. The van der Waals surface area contributed by atoms with Gasteiger partial charge in [-0.25, -0.2) is 12.7 Å². The van der Waals surface area contributed by atoms with Crippen LogP contribution in [0, 0.1) is 17.2 Å². The van der Waals surface area contributed by atoms with Gasteiger partial charge in [-0.1, -0.05) is 41.4 Å². The molecular weight excluding hydrogens is 445 g/mol. The van der Waals surface area contributed by atoms with Crippen LogP contribution in [0.5, 0.6) is 0 Å². The number of carbonyl (C=O) groups is 1. The number of hydrogen-bond donors (Lipinski definition) is 1. The van der Waals surface area contributed by atoms with E-state index >= 15 is 0 Å². The second-order valence-corrected chi connectivity index (χ2v) is 10.0. The van der Waals surface area contributed by atoms with Crippen molar-refractivity contribution in [1.82, 2.24) is 4.31 Å². The maximum atomic E-state index is 12.9. The van der Waals surface area contributed by atoms with Crippen molar-refractivity contribution in [1.29, 1.82) is 5.26 Å². The van der Waals surface area contributed by atoms with Crippen LogP contribution < -0.4 is 5.32 Å². The number of nitrogens with one attached hydrogen (secondary N) is 1. The van der Waals surface area contributed by atoms with E-state index < -0.39 is 15.9 Å². The Morgan fingerprint density at radius 3 is 2.50 bits per heavy atom. The fraction of sp³-hybridized carbons (Fsp3) is 0.333. The molecule has 0 radical (unpaired) electrons. The van der Waals surface area contributed by atoms with Crippen molar-refractivity contribution < 1.29 is 13.2 Å². The Morgan fingerprint density at radius 2 is 1.83 bits per heavy atom. The van der Waals surface area contributed by atoms with Gasteiger partial charge in [-0.3, -0.25) is 4.79 Å². The summed E-state index contributed by atoms with van der Waals surface area (Å²) in [5.41, 5.74) is 2.04. The largest absolute Gasteiger partial charge is 0.326 e. The van der Waals surface area contributed by atoms with Gasteiger partial charge in [0.05, 0.1) is 34.2 Å². The first-order valence-electron chi connectivity index (χ1n) is 9.47. The third-order valence-corrected chi connectivity index (χ3v) is 7.54. The van der Waals surface area contributed by atoms with E-state index in [0.717, 1.165) is 5.56 Å². The fourth-order valence-corrected chi connectivity index (χ4v) is 5.30. The number of piperidine rings is 1. The third-order valence-electron chi connectivity index (χ3n) is 4.99. The highest BCUT2D eigenvalue weighted by atomic mass is 35.5. The Morgan fingerprint density at radius 1 is 1.13 bits per heavy atom. The molecule has 1 amide bonds. The molecule has 1 atom stereocenters. The highest BCUT2D eigenvalue weighted by Crippen LogP contribution is 2.26. The summed E-state index contributed by atoms with van der Waals surface area (Å²) < 4.78 is 27.1. The molecule has 30 heavy (non-hydrogen) atoms. The minimum Gasteiger partial charge on any atom is -0.326 e. The van der Waals surface area contributed by atoms with Crippen LogP contribution in [0.15, 0.2) is 42.5 Å². The van der Waals surface area contributed by atoms with Crippen LogP contribution in [-0.4, -0.2) is 31.7 Å². The molecule has 6 nitrogen and oxygen atoms in total. The molecule has 0 spiro atoms. The van der Waals surface area contributed by atoms with Gasteiger partial charge < -0.3 is 5.32 Å². The van der Waals surface area contributed by atoms with Gasteiger partial charge in [-0.15, -0.1) is 0 Å². The first-order chi connectivity index (χ1) is 14.3. The van der Waals surface area contributed by atoms with E-state index in [0.29, 0.717) is 47.1 Å². The molecule has 2 aromatic rings. The minimum absolute atomic E-state index is 0.141. The number of sulfonamides is 1. The summed E-state index contributed by atoms with van der Waals surface area (Å²) in [6.45, 7) is 0.526. The van der Waals surface area contributed by atoms with Gasteiger partial charge in [0.1, 0.15) is 0 Å². The van der Waals surface area contributed by atoms with E-state index in [1.54, 1.807) is 42.5 Å². The number of nitrogens with zero attached hydrogens (tertiary/aromatic N) is 2. The van der Waals surface area contributed by atoms with Gasteiger partial charge in [0.25, 0.3) is 0 Å². The molecule has 1 fully saturated rings. The van der Waals surface area contributed by atoms with Crippen molar-refractivity contribution in [2.45, 2.75) is 25.0 Å². The summed E-state index contributed by atoms with van der Waals surface area (Å²) in [6, 6.07) is 13.9. The second kappa shape index (κ2) is 9.80. The van der Waals surface area contributed by atoms with Gasteiger partial charge in [0.15, 0.2) is 0 Å². The number of hydrogen-bond acceptors (Lipinski definition) is 4. The quantitative estimate of drug-likeness (QED) is 0.690. The van der Waals surface area contributed by atoms with E-state index in [2.05, 4.69) is 11.4 Å². The zero-order chi connectivity index (χ0) is 21.7. The lowest BCUT2D eigenvalue weighted by atomic mass is 9.98. The van der Waals surface area contributed by atoms with Crippen molar-refractivity contribution in [3.63, 3.8) is 0 Å². The molecule has 3 rings (SSSR count). The Kier molecular flexibility index (Phi) is 7.37. The van der Waals surface area contributed by atoms with E-state index in [-0.39, 0.29) is 18.2 Å². The number of benzene rings is 2. The molecule has 158 valence electrons. The summed E-state index contributed by atoms with van der Waals surface area (Å²) in [4.78, 5) is 12.7. The van der Waals surface area contributed by atoms with Crippen LogP contribution in [0.4, 0.5) is 5.69 Å². The highest BCUT2D eigenvalue weighted by Gasteiger charge is 2.32. The lowest BCUT2D eigenvalue weighted by Crippen LogP contribution is -2.44. The summed E-state index contributed by atoms with van der Waals surface area (Å²) in [5.74, 6) is -0.836. The number of halogens is 2. The summed E-state index contributed by atoms with van der Waals surface area (Å²) in [5, 5.41) is 12.2. The monoisotopic (exact) mass is 465 g/mol. The number of anilines is 1. The molecule has 0 aliphatic carbocycles. The smallest absolute Gasteiger partial charge is 0.228 e. The molecule has 1 aliphatic heterocycles. The van der Waals surface area contributed by atoms with Crippen molar-refractivity contribution >= 4 is 44.8 Å². The number of carbonyl (C=O) groups excluding carboxylic acids is 1. The SMILES string of the molecule is N#CCc1ccc(NC(=O)[C@H]2CCCN(S(=O)(=O)Cc3ccc(Cl)c(Cl)c3)C2)cc1. The number of rotatable bonds is 6. The number of nitriles is 1. The molecular formula is C21H21Cl2N3O3S. The molecule has 0 unspecified atom stereocenters. The normalized spacial score (nSPS) is 17.3. The van der Waals surface area contributed by atoms with Crippen LogP contribution >= 0.6 is 23.2 Å². The molecule has 9 heteroatoms. The average molecular weight is 466 g/mol. The predicted octanol–water partition coefficient (Wildman–Crippen LogP) is 4.24. The summed E-state index contributed by atoms with van der Waals surface area (Å²) in [6.07, 6.45) is 1.54. The number of amides is 1. The highest BCUT2D eigenvalue weighted by molar-refractivity contribution is 7.88. The fourth-order valence-electron chi connectivity index (χ4n) is 3.38. The van der Waals surface area contributed by atoms with E-state index in [4.69, 9.17) is 28.5 Å². The summed E-state index contributed by atoms with van der Waals surface area (Å²) >= 11 is 11.9. The van der Waals surface area contributed by atoms with Gasteiger partial charge in [-0.05, 0) is 48.2 Å². The zero-order valence-electron chi connectivity index (χ0n) is 16.1. The molecule has 0 aromatic heterocycles. The van der Waals surface area contributed by atoms with Crippen molar-refractivity contribution in [3.8, 4) is 6.07 Å². The maximum absolute atomic E-state index is 12.9. The Bertz CT molecular complexity index is 1070. The average Bonchev–Trinajstić information content (AvgIpc) is 2.72. The minimum atomic E-state index is -3.60. The first-order valence-corrected chi connectivity index (χ1v) is 11.8. The molecule has 1 heterocycles. The van der Waals surface area contributed by atoms with Gasteiger partial charge >= 0.3 is 0 Å². The molecule has 1 N–H and O–H groups in total. The van der Waals surface area contributed by atoms with E-state index in [1.807, 2.05) is 0 Å². The maximum Gasteiger partial charge on any atom is 0.228 e. The molecule has 1 saturated heterocycles. The third kappa shape index (κ3) is 5.73. The second-order valence-electron chi connectivity index (χ2n) is 7.22. The van der Waals surface area contributed by atoms with Crippen molar-refractivity contribution in [3.05, 3.63) is 63.6 Å². The van der Waals surface area contributed by atoms with E-state index in [1.165, 1.54) is 4.31 Å². The predicted molar refractivity (Wildman–Crippen MR) is 118 cm³/mol. The summed E-state index contributed by atoms with van der Waals surface area (Å²) in [7, 11) is -3.60. The molecule has 1 aliphatic rings. The van der Waals surface area contributed by atoms with Gasteiger partial charge in [0.2, 0.25) is 15.9 Å². The van der Waals surface area contributed by atoms with Crippen LogP contribution in [0.25, 0.3) is 0 Å². The van der Waals surface area contributed by atoms with Crippen LogP contribution in [0.1, 0.15) is 24.0 Å². The Balaban J connectivity index is 1.64. The van der Waals surface area contributed by atoms with Crippen LogP contribution in [-0.2, 0) is 27.0 Å². The van der Waals surface area contributed by atoms with E-state index in [9.17, 15) is 13.2 Å². The molecule has 2 aromatic carbocycles. The van der Waals surface area contributed by atoms with Crippen molar-refractivity contribution in [2.75, 3.05) is 18.4 Å². The Hall–Kier alpha value is -2.11. The Labute approximate surface area is 186 Å². The van der Waals surface area contributed by atoms with Gasteiger partial charge in [0, 0.05) is 18.8 Å². The molecule has 0 saturated carbocycles. The lowest BCUT2D eigenvalue weighted by Gasteiger charge is -2.31. The van der Waals surface area contributed by atoms with Gasteiger partial charge in [-0.2, -0.15) is 5.26 Å². The van der Waals surface area contributed by atoms with Crippen LogP contribution in [0.3, 0.4) is 0 Å². The standard InChI is InChI=1S/C21H21Cl2N3O3S/c22-19-8-5-16(12-20(19)23)14-30(28,29)26-11-1-2-17(13-26)21(27)25-18-6-3-15(4-7-18)9-10-24/h3-8,12,17H,1-2,9,11,13-14H2,(H,25,27)/t17-/m0/s1. The first kappa shape index (κ1) is 22.6. The van der Waals surface area contributed by atoms with Crippen LogP contribution in [0.2, 0.25) is 10.0 Å². The topological polar surface area (TPSA) is 90.3 Å².